The van der Waals surface area contributed by atoms with E-state index in [2.05, 4.69) is 10.1 Å². The second-order valence-corrected chi connectivity index (χ2v) is 4.35. The van der Waals surface area contributed by atoms with E-state index in [0.29, 0.717) is 0 Å². The van der Waals surface area contributed by atoms with E-state index in [9.17, 15) is 24.9 Å². The summed E-state index contributed by atoms with van der Waals surface area (Å²) >= 11 is 0. The molecule has 118 valence electrons. The average molecular weight is 317 g/mol. The number of carbonyl (C=O) groups is 2. The zero-order valence-corrected chi connectivity index (χ0v) is 11.9. The van der Waals surface area contributed by atoms with Crippen LogP contribution in [0.15, 0.2) is 42.6 Å². The van der Waals surface area contributed by atoms with Gasteiger partial charge >= 0.3 is 11.7 Å². The number of hydrogen-bond acceptors (Lipinski definition) is 6. The molecule has 0 spiro atoms. The van der Waals surface area contributed by atoms with E-state index in [1.165, 1.54) is 36.4 Å². The number of anilines is 1. The number of pyridine rings is 1. The van der Waals surface area contributed by atoms with Gasteiger partial charge < -0.3 is 15.3 Å². The minimum atomic E-state index is -0.903. The topological polar surface area (TPSA) is 125 Å². The summed E-state index contributed by atoms with van der Waals surface area (Å²) in [6, 6.07) is 7.59. The van der Waals surface area contributed by atoms with Gasteiger partial charge in [-0.05, 0) is 18.2 Å². The lowest BCUT2D eigenvalue weighted by Crippen LogP contribution is -2.36. The quantitative estimate of drug-likeness (QED) is 0.297. The van der Waals surface area contributed by atoms with E-state index in [-0.39, 0.29) is 27.4 Å². The lowest BCUT2D eigenvalue weighted by atomic mass is 10.2. The van der Waals surface area contributed by atoms with Gasteiger partial charge in [-0.1, -0.05) is 0 Å². The summed E-state index contributed by atoms with van der Waals surface area (Å²) in [4.78, 5) is 33.7. The van der Waals surface area contributed by atoms with Crippen LogP contribution in [-0.2, 0) is 4.74 Å². The Morgan fingerprint density at radius 3 is 2.43 bits per heavy atom. The van der Waals surface area contributed by atoms with Crippen LogP contribution in [0.25, 0.3) is 0 Å². The van der Waals surface area contributed by atoms with E-state index in [4.69, 9.17) is 0 Å². The van der Waals surface area contributed by atoms with Crippen molar-refractivity contribution in [3.8, 4) is 0 Å². The van der Waals surface area contributed by atoms with Crippen LogP contribution in [0.4, 0.5) is 11.4 Å². The van der Waals surface area contributed by atoms with Crippen molar-refractivity contribution in [3.05, 3.63) is 69.2 Å². The summed E-state index contributed by atoms with van der Waals surface area (Å²) in [5.74, 6) is -1.53. The Hall–Kier alpha value is -3.49. The fourth-order valence-corrected chi connectivity index (χ4v) is 1.82. The maximum Gasteiger partial charge on any atom is 0.407 e. The third kappa shape index (κ3) is 3.40. The number of amides is 1. The molecule has 0 aliphatic carbocycles. The number of carbonyl (C=O) groups excluding carboxylic acids is 2. The van der Waals surface area contributed by atoms with Gasteiger partial charge in [0.1, 0.15) is 5.69 Å². The van der Waals surface area contributed by atoms with Gasteiger partial charge in [0.05, 0.1) is 12.0 Å². The highest BCUT2D eigenvalue weighted by Gasteiger charge is 2.24. The molecule has 0 radical (unpaired) electrons. The van der Waals surface area contributed by atoms with Gasteiger partial charge in [0.15, 0.2) is 6.20 Å². The Labute approximate surface area is 129 Å². The number of benzene rings is 1. The predicted octanol–water partition coefficient (Wildman–Crippen LogP) is 1.27. The molecule has 0 saturated heterocycles. The van der Waals surface area contributed by atoms with Gasteiger partial charge in [-0.3, -0.25) is 14.9 Å². The van der Waals surface area contributed by atoms with Crippen molar-refractivity contribution in [2.45, 2.75) is 0 Å². The lowest BCUT2D eigenvalue weighted by Gasteiger charge is -2.09. The number of non-ortho nitro benzene ring substituents is 1. The predicted molar refractivity (Wildman–Crippen MR) is 77.8 cm³/mol. The molecule has 0 fully saturated rings. The molecule has 0 atom stereocenters. The first-order valence-corrected chi connectivity index (χ1v) is 6.30. The summed E-state index contributed by atoms with van der Waals surface area (Å²) in [7, 11) is 1.11. The van der Waals surface area contributed by atoms with Crippen LogP contribution < -0.4 is 10.0 Å². The number of methoxy groups -OCH3 is 1. The Morgan fingerprint density at radius 1 is 1.22 bits per heavy atom. The molecule has 1 aromatic heterocycles. The van der Waals surface area contributed by atoms with Gasteiger partial charge in [0, 0.05) is 23.8 Å². The highest BCUT2D eigenvalue weighted by molar-refractivity contribution is 6.07. The first kappa shape index (κ1) is 15.9. The molecule has 0 bridgehead atoms. The Balaban J connectivity index is 2.28. The highest BCUT2D eigenvalue weighted by Crippen LogP contribution is 2.16. The molecule has 0 aliphatic rings. The second kappa shape index (κ2) is 6.52. The van der Waals surface area contributed by atoms with Crippen LogP contribution in [0.3, 0.4) is 0 Å². The third-order valence-corrected chi connectivity index (χ3v) is 2.93. The number of rotatable bonds is 4. The summed E-state index contributed by atoms with van der Waals surface area (Å²) < 4.78 is 4.78. The largest absolute Gasteiger partial charge is 0.618 e. The summed E-state index contributed by atoms with van der Waals surface area (Å²) in [5.41, 5.74) is -0.426. The van der Waals surface area contributed by atoms with Crippen molar-refractivity contribution in [1.82, 2.24) is 0 Å². The number of nitrogens with zero attached hydrogens (tertiary/aromatic N) is 2. The fourth-order valence-electron chi connectivity index (χ4n) is 1.82. The monoisotopic (exact) mass is 317 g/mol. The Kier molecular flexibility index (Phi) is 4.50. The lowest BCUT2D eigenvalue weighted by molar-refractivity contribution is -0.607. The molecule has 2 rings (SSSR count). The van der Waals surface area contributed by atoms with Crippen LogP contribution in [0, 0.1) is 15.3 Å². The number of nitrogens with one attached hydrogen (secondary N) is 1. The average Bonchev–Trinajstić information content (AvgIpc) is 2.54. The van der Waals surface area contributed by atoms with Gasteiger partial charge in [0.25, 0.3) is 11.6 Å². The van der Waals surface area contributed by atoms with Crippen molar-refractivity contribution in [2.75, 3.05) is 12.4 Å². The maximum absolute atomic E-state index is 12.1. The van der Waals surface area contributed by atoms with Crippen LogP contribution in [-0.4, -0.2) is 23.9 Å². The van der Waals surface area contributed by atoms with Gasteiger partial charge in [0.2, 0.25) is 0 Å². The SMILES string of the molecule is COC(=O)c1c(NC(=O)c2ccc([N+](=O)[O-])cc2)ccc[n+]1[O-]. The molecule has 1 amide bonds. The van der Waals surface area contributed by atoms with Crippen LogP contribution in [0.1, 0.15) is 20.8 Å². The first-order valence-electron chi connectivity index (χ1n) is 6.30. The number of nitro groups is 1. The van der Waals surface area contributed by atoms with Crippen LogP contribution in [0.2, 0.25) is 0 Å². The van der Waals surface area contributed by atoms with E-state index in [0.717, 1.165) is 13.3 Å². The summed E-state index contributed by atoms with van der Waals surface area (Å²) in [6.45, 7) is 0. The first-order chi connectivity index (χ1) is 10.9. The molecule has 0 unspecified atom stereocenters. The van der Waals surface area contributed by atoms with Gasteiger partial charge in [-0.2, -0.15) is 4.73 Å². The molecular formula is C14H11N3O6. The third-order valence-electron chi connectivity index (χ3n) is 2.93. The van der Waals surface area contributed by atoms with E-state index in [1.54, 1.807) is 0 Å². The minimum Gasteiger partial charge on any atom is -0.618 e. The van der Waals surface area contributed by atoms with E-state index >= 15 is 0 Å². The number of nitro benzene ring substituents is 1. The summed E-state index contributed by atoms with van der Waals surface area (Å²) in [6.07, 6.45) is 1.09. The van der Waals surface area contributed by atoms with Crippen LogP contribution in [0.5, 0.6) is 0 Å². The van der Waals surface area contributed by atoms with Crippen molar-refractivity contribution >= 4 is 23.3 Å². The van der Waals surface area contributed by atoms with E-state index < -0.39 is 16.8 Å². The van der Waals surface area contributed by atoms with Crippen molar-refractivity contribution in [1.29, 1.82) is 0 Å². The minimum absolute atomic E-state index is 0.0299. The summed E-state index contributed by atoms with van der Waals surface area (Å²) in [5, 5.41) is 24.6. The Bertz CT molecular complexity index is 773. The molecular weight excluding hydrogens is 306 g/mol. The van der Waals surface area contributed by atoms with Crippen LogP contribution >= 0.6 is 0 Å². The molecule has 9 nitrogen and oxygen atoms in total. The molecule has 23 heavy (non-hydrogen) atoms. The second-order valence-electron chi connectivity index (χ2n) is 4.35. The molecule has 1 N–H and O–H groups in total. The molecule has 2 aromatic rings. The number of ether oxygens (including phenoxy) is 1. The number of esters is 1. The molecule has 1 aromatic carbocycles. The van der Waals surface area contributed by atoms with Gasteiger partial charge in [-0.25, -0.2) is 4.79 Å². The number of aromatic nitrogens is 1. The highest BCUT2D eigenvalue weighted by atomic mass is 16.6. The maximum atomic E-state index is 12.1. The zero-order chi connectivity index (χ0) is 17.0. The normalized spacial score (nSPS) is 9.96. The number of hydrogen-bond donors (Lipinski definition) is 1. The van der Waals surface area contributed by atoms with Crippen molar-refractivity contribution in [3.63, 3.8) is 0 Å². The molecule has 0 aliphatic heterocycles. The van der Waals surface area contributed by atoms with Crippen molar-refractivity contribution < 1.29 is 24.0 Å². The molecule has 1 heterocycles. The fraction of sp³-hybridized carbons (Fsp3) is 0.0714. The zero-order valence-electron chi connectivity index (χ0n) is 11.9. The Morgan fingerprint density at radius 2 is 1.87 bits per heavy atom. The van der Waals surface area contributed by atoms with E-state index in [1.807, 2.05) is 0 Å². The molecule has 9 heteroatoms. The van der Waals surface area contributed by atoms with Crippen molar-refractivity contribution in [2.24, 2.45) is 0 Å². The standard InChI is InChI=1S/C14H11N3O6/c1-23-14(19)12-11(3-2-8-16(12)20)15-13(18)9-4-6-10(7-5-9)17(21)22/h2-8H,1H3,(H,15,18). The smallest absolute Gasteiger partial charge is 0.407 e. The molecule has 0 saturated carbocycles. The van der Waals surface area contributed by atoms with Gasteiger partial charge in [-0.15, -0.1) is 0 Å².